The number of rotatable bonds is 2. The Labute approximate surface area is 109 Å². The fraction of sp³-hybridized carbons (Fsp3) is 0.167. The molecular formula is C12H9Cl3O. The van der Waals surface area contributed by atoms with Crippen LogP contribution in [0.3, 0.4) is 0 Å². The molecule has 0 aliphatic carbocycles. The topological polar surface area (TPSA) is 13.1 Å². The lowest BCUT2D eigenvalue weighted by atomic mass is 10.1. The Balaban J connectivity index is 2.38. The highest BCUT2D eigenvalue weighted by Gasteiger charge is 2.16. The van der Waals surface area contributed by atoms with Gasteiger partial charge < -0.3 is 4.42 Å². The normalized spacial score (nSPS) is 12.8. The van der Waals surface area contributed by atoms with Crippen molar-refractivity contribution in [3.8, 4) is 0 Å². The van der Waals surface area contributed by atoms with Crippen molar-refractivity contribution in [3.63, 3.8) is 0 Å². The summed E-state index contributed by atoms with van der Waals surface area (Å²) >= 11 is 18.1. The molecule has 1 atom stereocenters. The first-order chi connectivity index (χ1) is 7.59. The molecular weight excluding hydrogens is 266 g/mol. The van der Waals surface area contributed by atoms with Gasteiger partial charge in [-0.05, 0) is 30.7 Å². The largest absolute Gasteiger partial charge is 0.469 e. The van der Waals surface area contributed by atoms with Gasteiger partial charge in [0.2, 0.25) is 0 Å². The summed E-state index contributed by atoms with van der Waals surface area (Å²) in [5.74, 6) is 0.811. The highest BCUT2D eigenvalue weighted by molar-refractivity contribution is 6.42. The van der Waals surface area contributed by atoms with Crippen molar-refractivity contribution < 1.29 is 4.42 Å². The molecule has 0 saturated carbocycles. The summed E-state index contributed by atoms with van der Waals surface area (Å²) in [4.78, 5) is 0. The van der Waals surface area contributed by atoms with Gasteiger partial charge >= 0.3 is 0 Å². The smallest absolute Gasteiger partial charge is 0.105 e. The first-order valence-corrected chi connectivity index (χ1v) is 5.92. The lowest BCUT2D eigenvalue weighted by molar-refractivity contribution is 0.530. The van der Waals surface area contributed by atoms with Crippen molar-refractivity contribution in [1.82, 2.24) is 0 Å². The number of hydrogen-bond acceptors (Lipinski definition) is 1. The lowest BCUT2D eigenvalue weighted by Crippen LogP contribution is -1.93. The highest BCUT2D eigenvalue weighted by atomic mass is 35.5. The molecule has 0 amide bonds. The van der Waals surface area contributed by atoms with Crippen LogP contribution >= 0.6 is 34.8 Å². The summed E-state index contributed by atoms with van der Waals surface area (Å²) in [6.07, 6.45) is 1.62. The van der Waals surface area contributed by atoms with Gasteiger partial charge in [0.1, 0.15) is 5.76 Å². The second-order valence-electron chi connectivity index (χ2n) is 3.47. The Morgan fingerprint density at radius 1 is 1.12 bits per heavy atom. The predicted octanol–water partition coefficient (Wildman–Crippen LogP) is 5.22. The third-order valence-corrected chi connectivity index (χ3v) is 3.63. The standard InChI is InChI=1S/C12H9Cl3O/c1-7-9(4-5-16-7)12(15)8-2-3-10(13)11(14)6-8/h2-6,12H,1H3. The van der Waals surface area contributed by atoms with Crippen LogP contribution in [0.4, 0.5) is 0 Å². The monoisotopic (exact) mass is 274 g/mol. The van der Waals surface area contributed by atoms with E-state index in [1.165, 1.54) is 0 Å². The van der Waals surface area contributed by atoms with Gasteiger partial charge in [-0.3, -0.25) is 0 Å². The van der Waals surface area contributed by atoms with Crippen LogP contribution in [-0.2, 0) is 0 Å². The summed E-state index contributed by atoms with van der Waals surface area (Å²) < 4.78 is 5.22. The van der Waals surface area contributed by atoms with Gasteiger partial charge in [-0.2, -0.15) is 0 Å². The van der Waals surface area contributed by atoms with Crippen LogP contribution in [0.2, 0.25) is 10.0 Å². The average Bonchev–Trinajstić information content (AvgIpc) is 2.67. The van der Waals surface area contributed by atoms with Crippen LogP contribution in [0.25, 0.3) is 0 Å². The predicted molar refractivity (Wildman–Crippen MR) is 67.6 cm³/mol. The summed E-state index contributed by atoms with van der Waals surface area (Å²) in [5.41, 5.74) is 1.85. The van der Waals surface area contributed by atoms with E-state index in [0.29, 0.717) is 10.0 Å². The van der Waals surface area contributed by atoms with Gasteiger partial charge in [-0.1, -0.05) is 29.3 Å². The molecule has 0 aliphatic rings. The summed E-state index contributed by atoms with van der Waals surface area (Å²) in [6.45, 7) is 1.88. The Bertz CT molecular complexity index is 505. The minimum atomic E-state index is -0.270. The van der Waals surface area contributed by atoms with Crippen molar-refractivity contribution in [2.45, 2.75) is 12.3 Å². The lowest BCUT2D eigenvalue weighted by Gasteiger charge is -2.09. The number of furan rings is 1. The van der Waals surface area contributed by atoms with Crippen LogP contribution in [-0.4, -0.2) is 0 Å². The average molecular weight is 276 g/mol. The van der Waals surface area contributed by atoms with Crippen molar-refractivity contribution in [1.29, 1.82) is 0 Å². The summed E-state index contributed by atoms with van der Waals surface area (Å²) in [7, 11) is 0. The van der Waals surface area contributed by atoms with E-state index in [9.17, 15) is 0 Å². The van der Waals surface area contributed by atoms with Gasteiger partial charge in [0.05, 0.1) is 21.7 Å². The first-order valence-electron chi connectivity index (χ1n) is 4.72. The Kier molecular flexibility index (Phi) is 3.48. The third-order valence-electron chi connectivity index (χ3n) is 2.41. The molecule has 0 spiro atoms. The molecule has 1 unspecified atom stereocenters. The first kappa shape index (κ1) is 11.8. The molecule has 84 valence electrons. The van der Waals surface area contributed by atoms with Crippen molar-refractivity contribution in [2.75, 3.05) is 0 Å². The van der Waals surface area contributed by atoms with E-state index < -0.39 is 0 Å². The SMILES string of the molecule is Cc1occc1C(Cl)c1ccc(Cl)c(Cl)c1. The Hall–Kier alpha value is -0.630. The summed E-state index contributed by atoms with van der Waals surface area (Å²) in [5, 5.41) is 0.762. The van der Waals surface area contributed by atoms with E-state index in [4.69, 9.17) is 39.2 Å². The molecule has 0 bridgehead atoms. The molecule has 1 aromatic heterocycles. The van der Waals surface area contributed by atoms with Gasteiger partial charge in [0, 0.05) is 5.56 Å². The molecule has 0 aliphatic heterocycles. The van der Waals surface area contributed by atoms with E-state index in [2.05, 4.69) is 0 Å². The molecule has 2 rings (SSSR count). The minimum Gasteiger partial charge on any atom is -0.469 e. The van der Waals surface area contributed by atoms with Crippen molar-refractivity contribution in [3.05, 3.63) is 57.5 Å². The molecule has 0 fully saturated rings. The molecule has 1 nitrogen and oxygen atoms in total. The van der Waals surface area contributed by atoms with Crippen molar-refractivity contribution in [2.24, 2.45) is 0 Å². The van der Waals surface area contributed by atoms with Gasteiger partial charge in [0.15, 0.2) is 0 Å². The van der Waals surface area contributed by atoms with Crippen LogP contribution in [0.5, 0.6) is 0 Å². The van der Waals surface area contributed by atoms with Crippen LogP contribution < -0.4 is 0 Å². The Morgan fingerprint density at radius 3 is 2.44 bits per heavy atom. The van der Waals surface area contributed by atoms with E-state index in [1.807, 2.05) is 19.1 Å². The van der Waals surface area contributed by atoms with Gasteiger partial charge in [-0.25, -0.2) is 0 Å². The molecule has 2 aromatic rings. The minimum absolute atomic E-state index is 0.270. The maximum Gasteiger partial charge on any atom is 0.105 e. The summed E-state index contributed by atoms with van der Waals surface area (Å²) in [6, 6.07) is 7.23. The number of hydrogen-bond donors (Lipinski definition) is 0. The second-order valence-corrected chi connectivity index (χ2v) is 4.72. The van der Waals surface area contributed by atoms with Crippen LogP contribution in [0, 0.1) is 6.92 Å². The zero-order chi connectivity index (χ0) is 11.7. The number of alkyl halides is 1. The van der Waals surface area contributed by atoms with E-state index in [-0.39, 0.29) is 5.38 Å². The molecule has 16 heavy (non-hydrogen) atoms. The molecule has 0 saturated heterocycles. The zero-order valence-corrected chi connectivity index (χ0v) is 10.8. The highest BCUT2D eigenvalue weighted by Crippen LogP contribution is 2.34. The Morgan fingerprint density at radius 2 is 1.88 bits per heavy atom. The number of halogens is 3. The molecule has 4 heteroatoms. The quantitative estimate of drug-likeness (QED) is 0.685. The molecule has 1 aromatic carbocycles. The van der Waals surface area contributed by atoms with Crippen LogP contribution in [0.15, 0.2) is 34.9 Å². The third kappa shape index (κ3) is 2.22. The maximum atomic E-state index is 6.34. The van der Waals surface area contributed by atoms with Gasteiger partial charge in [-0.15, -0.1) is 11.6 Å². The molecule has 0 N–H and O–H groups in total. The molecule has 0 radical (unpaired) electrons. The van der Waals surface area contributed by atoms with Gasteiger partial charge in [0.25, 0.3) is 0 Å². The van der Waals surface area contributed by atoms with E-state index in [0.717, 1.165) is 16.9 Å². The fourth-order valence-corrected chi connectivity index (χ4v) is 2.18. The second kappa shape index (κ2) is 4.70. The van der Waals surface area contributed by atoms with Crippen molar-refractivity contribution >= 4 is 34.8 Å². The number of aryl methyl sites for hydroxylation is 1. The molecule has 1 heterocycles. The van der Waals surface area contributed by atoms with Crippen LogP contribution in [0.1, 0.15) is 22.3 Å². The van der Waals surface area contributed by atoms with E-state index >= 15 is 0 Å². The fourth-order valence-electron chi connectivity index (χ4n) is 1.51. The van der Waals surface area contributed by atoms with E-state index in [1.54, 1.807) is 18.4 Å². The zero-order valence-electron chi connectivity index (χ0n) is 8.51. The maximum absolute atomic E-state index is 6.34. The number of benzene rings is 1.